The highest BCUT2D eigenvalue weighted by atomic mass is 16.5. The molecule has 66 valence electrons. The molecule has 0 saturated carbocycles. The third-order valence-electron chi connectivity index (χ3n) is 1.07. The van der Waals surface area contributed by atoms with Crippen molar-refractivity contribution >= 4 is 5.97 Å². The minimum Gasteiger partial charge on any atom is -0.480 e. The van der Waals surface area contributed by atoms with Crippen LogP contribution in [0.2, 0.25) is 0 Å². The highest BCUT2D eigenvalue weighted by Gasteiger charge is 2.15. The van der Waals surface area contributed by atoms with Crippen molar-refractivity contribution in [1.29, 1.82) is 0 Å². The lowest BCUT2D eigenvalue weighted by Gasteiger charge is -2.15. The molecule has 1 atom stereocenters. The lowest BCUT2D eigenvalue weighted by molar-refractivity contribution is -0.137. The van der Waals surface area contributed by atoms with Crippen molar-refractivity contribution in [2.75, 3.05) is 13.2 Å². The van der Waals surface area contributed by atoms with Gasteiger partial charge in [-0.3, -0.25) is 10.1 Å². The summed E-state index contributed by atoms with van der Waals surface area (Å²) in [4.78, 5) is 9.93. The molecule has 0 bridgehead atoms. The predicted molar refractivity (Wildman–Crippen MR) is 34.7 cm³/mol. The van der Waals surface area contributed by atoms with Gasteiger partial charge in [-0.05, 0) is 0 Å². The van der Waals surface area contributed by atoms with Crippen molar-refractivity contribution in [3.05, 3.63) is 0 Å². The average Bonchev–Trinajstić information content (AvgIpc) is 1.87. The molecule has 0 radical (unpaired) electrons. The van der Waals surface area contributed by atoms with Crippen LogP contribution in [0, 0.1) is 0 Å². The van der Waals surface area contributed by atoms with Gasteiger partial charge in [0.15, 0.2) is 6.29 Å². The first-order valence-electron chi connectivity index (χ1n) is 3.00. The molecule has 11 heavy (non-hydrogen) atoms. The molecule has 0 amide bonds. The molecular weight excluding hydrogens is 154 g/mol. The van der Waals surface area contributed by atoms with E-state index in [0.717, 1.165) is 0 Å². The second-order valence-corrected chi connectivity index (χ2v) is 1.98. The van der Waals surface area contributed by atoms with Crippen molar-refractivity contribution in [1.82, 2.24) is 5.32 Å². The van der Waals surface area contributed by atoms with E-state index in [9.17, 15) is 4.79 Å². The Balaban J connectivity index is 3.61. The molecule has 5 N–H and O–H groups in total. The van der Waals surface area contributed by atoms with E-state index in [2.05, 4.69) is 5.32 Å². The van der Waals surface area contributed by atoms with Crippen LogP contribution in [0.3, 0.4) is 0 Å². The number of carboxylic acid groups (broad SMARTS) is 1. The van der Waals surface area contributed by atoms with Gasteiger partial charge in [-0.1, -0.05) is 0 Å². The van der Waals surface area contributed by atoms with Crippen molar-refractivity contribution in [2.24, 2.45) is 0 Å². The first-order chi connectivity index (χ1) is 5.07. The molecule has 0 saturated heterocycles. The van der Waals surface area contributed by atoms with Crippen LogP contribution in [0.5, 0.6) is 0 Å². The zero-order chi connectivity index (χ0) is 8.85. The molecule has 0 spiro atoms. The third kappa shape index (κ3) is 4.68. The molecule has 0 aliphatic heterocycles. The fraction of sp³-hybridized carbons (Fsp3) is 0.800. The van der Waals surface area contributed by atoms with Gasteiger partial charge < -0.3 is 20.4 Å². The Bertz CT molecular complexity index is 126. The van der Waals surface area contributed by atoms with Gasteiger partial charge in [0.1, 0.15) is 0 Å². The molecule has 0 aliphatic rings. The number of aliphatic hydroxyl groups excluding tert-OH is 2. The van der Waals surface area contributed by atoms with Gasteiger partial charge in [0, 0.05) is 0 Å². The summed E-state index contributed by atoms with van der Waals surface area (Å²) in [5, 5.41) is 35.7. The van der Waals surface area contributed by atoms with Crippen molar-refractivity contribution < 1.29 is 25.2 Å². The van der Waals surface area contributed by atoms with Crippen LogP contribution in [0.15, 0.2) is 0 Å². The summed E-state index contributed by atoms with van der Waals surface area (Å²) >= 11 is 0. The van der Waals surface area contributed by atoms with Gasteiger partial charge in [-0.2, -0.15) is 0 Å². The maximum Gasteiger partial charge on any atom is 0.317 e. The molecule has 6 nitrogen and oxygen atoms in total. The van der Waals surface area contributed by atoms with Gasteiger partial charge in [0.2, 0.25) is 0 Å². The van der Waals surface area contributed by atoms with Gasteiger partial charge in [0.25, 0.3) is 0 Å². The van der Waals surface area contributed by atoms with Gasteiger partial charge >= 0.3 is 5.97 Å². The second kappa shape index (κ2) is 5.03. The quantitative estimate of drug-likeness (QED) is 0.284. The predicted octanol–water partition coefficient (Wildman–Crippen LogP) is -2.67. The Morgan fingerprint density at radius 2 is 2.00 bits per heavy atom. The molecule has 0 aromatic rings. The summed E-state index contributed by atoms with van der Waals surface area (Å²) in [6.45, 7) is -0.937. The summed E-state index contributed by atoms with van der Waals surface area (Å²) in [7, 11) is 0. The fourth-order valence-electron chi connectivity index (χ4n) is 0.483. The average molecular weight is 165 g/mol. The van der Waals surface area contributed by atoms with E-state index in [-0.39, 0.29) is 0 Å². The van der Waals surface area contributed by atoms with Crippen LogP contribution in [-0.4, -0.2) is 51.9 Å². The first-order valence-corrected chi connectivity index (χ1v) is 3.00. The Morgan fingerprint density at radius 1 is 1.45 bits per heavy atom. The van der Waals surface area contributed by atoms with Crippen LogP contribution in [-0.2, 0) is 4.79 Å². The number of nitrogens with one attached hydrogen (secondary N) is 1. The summed E-state index contributed by atoms with van der Waals surface area (Å²) in [5.41, 5.74) is 0. The van der Waals surface area contributed by atoms with E-state index in [4.69, 9.17) is 20.4 Å². The lowest BCUT2D eigenvalue weighted by atomic mass is 10.3. The van der Waals surface area contributed by atoms with Gasteiger partial charge in [-0.15, -0.1) is 0 Å². The maximum atomic E-state index is 9.93. The van der Waals surface area contributed by atoms with Crippen LogP contribution < -0.4 is 5.32 Å². The molecule has 0 aliphatic carbocycles. The zero-order valence-electron chi connectivity index (χ0n) is 5.77. The number of hydrogen-bond donors (Lipinski definition) is 5. The number of rotatable bonds is 5. The molecule has 0 fully saturated rings. The van der Waals surface area contributed by atoms with Crippen molar-refractivity contribution in [3.63, 3.8) is 0 Å². The molecule has 1 unspecified atom stereocenters. The van der Waals surface area contributed by atoms with Crippen molar-refractivity contribution in [2.45, 2.75) is 12.3 Å². The number of aliphatic carboxylic acids is 1. The first kappa shape index (κ1) is 10.3. The van der Waals surface area contributed by atoms with Gasteiger partial charge in [0.05, 0.1) is 19.2 Å². The summed E-state index contributed by atoms with van der Waals surface area (Å²) in [6.07, 6.45) is -1.75. The molecular formula is C5H11NO5. The number of carboxylic acids is 1. The highest BCUT2D eigenvalue weighted by molar-refractivity contribution is 5.69. The standard InChI is InChI=1S/C5H11NO5/c7-2-3(5(10)11)6-1-4(8)9/h3,5-7,10-11H,1-2H2,(H,8,9). The van der Waals surface area contributed by atoms with Gasteiger partial charge in [-0.25, -0.2) is 0 Å². The maximum absolute atomic E-state index is 9.93. The van der Waals surface area contributed by atoms with Crippen LogP contribution in [0.25, 0.3) is 0 Å². The topological polar surface area (TPSA) is 110 Å². The largest absolute Gasteiger partial charge is 0.480 e. The third-order valence-corrected chi connectivity index (χ3v) is 1.07. The Morgan fingerprint density at radius 3 is 2.27 bits per heavy atom. The van der Waals surface area contributed by atoms with E-state index in [1.807, 2.05) is 0 Å². The van der Waals surface area contributed by atoms with E-state index in [1.165, 1.54) is 0 Å². The van der Waals surface area contributed by atoms with Crippen LogP contribution in [0.1, 0.15) is 0 Å². The number of hydrogen-bond acceptors (Lipinski definition) is 5. The molecule has 0 aromatic heterocycles. The van der Waals surface area contributed by atoms with E-state index >= 15 is 0 Å². The molecule has 0 rings (SSSR count). The van der Waals surface area contributed by atoms with Crippen LogP contribution >= 0.6 is 0 Å². The molecule has 0 heterocycles. The normalized spacial score (nSPS) is 13.5. The fourth-order valence-corrected chi connectivity index (χ4v) is 0.483. The zero-order valence-corrected chi connectivity index (χ0v) is 5.77. The highest BCUT2D eigenvalue weighted by Crippen LogP contribution is 1.86. The van der Waals surface area contributed by atoms with Crippen LogP contribution in [0.4, 0.5) is 0 Å². The minimum atomic E-state index is -1.75. The Hall–Kier alpha value is -0.690. The number of aliphatic hydroxyl groups is 3. The SMILES string of the molecule is O=C(O)CNC(CO)C(O)O. The molecule has 6 heteroatoms. The molecule has 0 aromatic carbocycles. The number of carbonyl (C=O) groups is 1. The smallest absolute Gasteiger partial charge is 0.317 e. The van der Waals surface area contributed by atoms with E-state index < -0.39 is 31.5 Å². The second-order valence-electron chi connectivity index (χ2n) is 1.98. The minimum absolute atomic E-state index is 0.414. The monoisotopic (exact) mass is 165 g/mol. The Labute approximate surface area is 63.1 Å². The lowest BCUT2D eigenvalue weighted by Crippen LogP contribution is -2.44. The summed E-state index contributed by atoms with van der Waals surface area (Å²) < 4.78 is 0. The van der Waals surface area contributed by atoms with E-state index in [1.54, 1.807) is 0 Å². The van der Waals surface area contributed by atoms with E-state index in [0.29, 0.717) is 0 Å². The summed E-state index contributed by atoms with van der Waals surface area (Å²) in [5.74, 6) is -1.12. The summed E-state index contributed by atoms with van der Waals surface area (Å²) in [6, 6.07) is -1.01. The Kier molecular flexibility index (Phi) is 4.71. The van der Waals surface area contributed by atoms with Crippen molar-refractivity contribution in [3.8, 4) is 0 Å².